The first-order valence-corrected chi connectivity index (χ1v) is 6.35. The van der Waals surface area contributed by atoms with E-state index in [0.29, 0.717) is 12.3 Å². The van der Waals surface area contributed by atoms with Crippen molar-refractivity contribution in [1.82, 2.24) is 0 Å². The van der Waals surface area contributed by atoms with Gasteiger partial charge in [-0.2, -0.15) is 0 Å². The van der Waals surface area contributed by atoms with E-state index >= 15 is 0 Å². The van der Waals surface area contributed by atoms with Crippen LogP contribution in [0.1, 0.15) is 17.0 Å². The Morgan fingerprint density at radius 1 is 1.16 bits per heavy atom. The largest absolute Gasteiger partial charge is 0.504 e. The molecule has 0 saturated carbocycles. The summed E-state index contributed by atoms with van der Waals surface area (Å²) < 4.78 is 5.04. The van der Waals surface area contributed by atoms with E-state index < -0.39 is 0 Å². The number of phenols is 1. The molecule has 0 spiro atoms. The lowest BCUT2D eigenvalue weighted by Gasteiger charge is -2.16. The predicted octanol–water partition coefficient (Wildman–Crippen LogP) is 2.69. The molecule has 3 N–H and O–H groups in total. The Labute approximate surface area is 113 Å². The molecule has 0 saturated heterocycles. The Morgan fingerprint density at radius 3 is 2.47 bits per heavy atom. The van der Waals surface area contributed by atoms with Crippen molar-refractivity contribution in [2.45, 2.75) is 12.3 Å². The van der Waals surface area contributed by atoms with E-state index in [0.717, 1.165) is 12.0 Å². The lowest BCUT2D eigenvalue weighted by atomic mass is 9.92. The molecule has 0 aromatic heterocycles. The number of benzene rings is 2. The van der Waals surface area contributed by atoms with Gasteiger partial charge in [0.2, 0.25) is 0 Å². The van der Waals surface area contributed by atoms with Crippen molar-refractivity contribution in [1.29, 1.82) is 0 Å². The first kappa shape index (κ1) is 13.4. The van der Waals surface area contributed by atoms with Crippen molar-refractivity contribution in [3.05, 3.63) is 59.7 Å². The number of methoxy groups -OCH3 is 1. The third-order valence-corrected chi connectivity index (χ3v) is 3.28. The smallest absolute Gasteiger partial charge is 0.160 e. The fraction of sp³-hybridized carbons (Fsp3) is 0.250. The van der Waals surface area contributed by atoms with Crippen LogP contribution in [0, 0.1) is 0 Å². The van der Waals surface area contributed by atoms with Crippen LogP contribution >= 0.6 is 0 Å². The minimum Gasteiger partial charge on any atom is -0.504 e. The maximum atomic E-state index is 9.79. The molecule has 0 aliphatic rings. The summed E-state index contributed by atoms with van der Waals surface area (Å²) in [4.78, 5) is 0. The zero-order valence-corrected chi connectivity index (χ0v) is 11.0. The summed E-state index contributed by atoms with van der Waals surface area (Å²) in [5.41, 5.74) is 8.14. The molecule has 0 radical (unpaired) electrons. The van der Waals surface area contributed by atoms with Crippen molar-refractivity contribution < 1.29 is 9.84 Å². The van der Waals surface area contributed by atoms with Gasteiger partial charge in [-0.15, -0.1) is 0 Å². The summed E-state index contributed by atoms with van der Waals surface area (Å²) >= 11 is 0. The molecule has 19 heavy (non-hydrogen) atoms. The van der Waals surface area contributed by atoms with Gasteiger partial charge in [-0.3, -0.25) is 0 Å². The van der Waals surface area contributed by atoms with Crippen LogP contribution in [-0.4, -0.2) is 18.8 Å². The third kappa shape index (κ3) is 3.26. The molecular weight excluding hydrogens is 238 g/mol. The molecule has 0 fully saturated rings. The Kier molecular flexibility index (Phi) is 4.42. The first-order chi connectivity index (χ1) is 9.24. The summed E-state index contributed by atoms with van der Waals surface area (Å²) in [6, 6.07) is 15.7. The van der Waals surface area contributed by atoms with Gasteiger partial charge in [0.1, 0.15) is 0 Å². The molecule has 0 bridgehead atoms. The Bertz CT molecular complexity index is 526. The lowest BCUT2D eigenvalue weighted by molar-refractivity contribution is 0.373. The van der Waals surface area contributed by atoms with E-state index in [1.807, 2.05) is 24.3 Å². The quantitative estimate of drug-likeness (QED) is 0.866. The van der Waals surface area contributed by atoms with Crippen LogP contribution in [0.5, 0.6) is 11.5 Å². The number of ether oxygens (including phenoxy) is 1. The Morgan fingerprint density at radius 2 is 1.89 bits per heavy atom. The highest BCUT2D eigenvalue weighted by atomic mass is 16.5. The average molecular weight is 257 g/mol. The van der Waals surface area contributed by atoms with Gasteiger partial charge in [0.25, 0.3) is 0 Å². The molecule has 3 heteroatoms. The maximum Gasteiger partial charge on any atom is 0.160 e. The highest BCUT2D eigenvalue weighted by molar-refractivity contribution is 5.42. The monoisotopic (exact) mass is 257 g/mol. The normalized spacial score (nSPS) is 12.1. The minimum atomic E-state index is 0.170. The van der Waals surface area contributed by atoms with Crippen LogP contribution in [-0.2, 0) is 6.42 Å². The molecule has 2 rings (SSSR count). The van der Waals surface area contributed by atoms with Crippen molar-refractivity contribution in [2.24, 2.45) is 5.73 Å². The zero-order chi connectivity index (χ0) is 13.7. The standard InChI is InChI=1S/C16H19NO2/c1-19-16-8-7-12(10-15(16)18)9-14(11-17)13-5-3-2-4-6-13/h2-8,10,14,18H,9,11,17H2,1H3. The first-order valence-electron chi connectivity index (χ1n) is 6.35. The van der Waals surface area contributed by atoms with E-state index in [2.05, 4.69) is 12.1 Å². The molecule has 0 amide bonds. The zero-order valence-electron chi connectivity index (χ0n) is 11.0. The SMILES string of the molecule is COc1ccc(CC(CN)c2ccccc2)cc1O. The highest BCUT2D eigenvalue weighted by Gasteiger charge is 2.11. The van der Waals surface area contributed by atoms with Gasteiger partial charge in [0.05, 0.1) is 7.11 Å². The molecule has 2 aromatic rings. The second kappa shape index (κ2) is 6.25. The van der Waals surface area contributed by atoms with Gasteiger partial charge in [-0.1, -0.05) is 36.4 Å². The molecular formula is C16H19NO2. The fourth-order valence-corrected chi connectivity index (χ4v) is 2.21. The van der Waals surface area contributed by atoms with Crippen molar-refractivity contribution in [2.75, 3.05) is 13.7 Å². The van der Waals surface area contributed by atoms with Gasteiger partial charge in [0.15, 0.2) is 11.5 Å². The summed E-state index contributed by atoms with van der Waals surface area (Å²) in [6.45, 7) is 0.580. The highest BCUT2D eigenvalue weighted by Crippen LogP contribution is 2.28. The van der Waals surface area contributed by atoms with E-state index in [9.17, 15) is 5.11 Å². The number of aromatic hydroxyl groups is 1. The van der Waals surface area contributed by atoms with E-state index in [1.165, 1.54) is 5.56 Å². The van der Waals surface area contributed by atoms with Gasteiger partial charge in [0, 0.05) is 5.92 Å². The van der Waals surface area contributed by atoms with E-state index in [4.69, 9.17) is 10.5 Å². The molecule has 1 unspecified atom stereocenters. The van der Waals surface area contributed by atoms with Crippen LogP contribution in [0.3, 0.4) is 0 Å². The number of rotatable bonds is 5. The Hall–Kier alpha value is -2.00. The number of phenolic OH excluding ortho intramolecular Hbond substituents is 1. The fourth-order valence-electron chi connectivity index (χ4n) is 2.21. The van der Waals surface area contributed by atoms with E-state index in [1.54, 1.807) is 19.2 Å². The molecule has 2 aromatic carbocycles. The maximum absolute atomic E-state index is 9.79. The molecule has 0 aliphatic heterocycles. The molecule has 3 nitrogen and oxygen atoms in total. The van der Waals surface area contributed by atoms with Crippen LogP contribution in [0.4, 0.5) is 0 Å². The summed E-state index contributed by atoms with van der Waals surface area (Å²) in [6.07, 6.45) is 0.804. The van der Waals surface area contributed by atoms with Crippen molar-refractivity contribution >= 4 is 0 Å². The van der Waals surface area contributed by atoms with Crippen LogP contribution in [0.15, 0.2) is 48.5 Å². The van der Waals surface area contributed by atoms with Gasteiger partial charge >= 0.3 is 0 Å². The second-order valence-corrected chi connectivity index (χ2v) is 4.55. The predicted molar refractivity (Wildman–Crippen MR) is 76.6 cm³/mol. The van der Waals surface area contributed by atoms with Crippen molar-refractivity contribution in [3.63, 3.8) is 0 Å². The average Bonchev–Trinajstić information content (AvgIpc) is 2.46. The number of nitrogens with two attached hydrogens (primary N) is 1. The van der Waals surface area contributed by atoms with Crippen molar-refractivity contribution in [3.8, 4) is 11.5 Å². The van der Waals surface area contributed by atoms with Crippen LogP contribution in [0.2, 0.25) is 0 Å². The molecule has 1 atom stereocenters. The van der Waals surface area contributed by atoms with Gasteiger partial charge in [-0.25, -0.2) is 0 Å². The van der Waals surface area contributed by atoms with Gasteiger partial charge < -0.3 is 15.6 Å². The van der Waals surface area contributed by atoms with Crippen LogP contribution in [0.25, 0.3) is 0 Å². The molecule has 0 heterocycles. The van der Waals surface area contributed by atoms with Gasteiger partial charge in [-0.05, 0) is 36.2 Å². The molecule has 100 valence electrons. The number of hydrogen-bond donors (Lipinski definition) is 2. The minimum absolute atomic E-state index is 0.170. The van der Waals surface area contributed by atoms with Crippen LogP contribution < -0.4 is 10.5 Å². The summed E-state index contributed by atoms with van der Waals surface area (Å²) in [5, 5.41) is 9.79. The second-order valence-electron chi connectivity index (χ2n) is 4.55. The third-order valence-electron chi connectivity index (χ3n) is 3.28. The van der Waals surface area contributed by atoms with E-state index in [-0.39, 0.29) is 11.7 Å². The topological polar surface area (TPSA) is 55.5 Å². The summed E-state index contributed by atoms with van der Waals surface area (Å²) in [7, 11) is 1.54. The molecule has 0 aliphatic carbocycles. The number of hydrogen-bond acceptors (Lipinski definition) is 3. The lowest BCUT2D eigenvalue weighted by Crippen LogP contribution is -2.14. The Balaban J connectivity index is 2.17. The summed E-state index contributed by atoms with van der Waals surface area (Å²) in [5.74, 6) is 0.922.